The first-order valence-electron chi connectivity index (χ1n) is 25.4. The molecule has 0 fully saturated rings. The number of benzene rings is 9. The van der Waals surface area contributed by atoms with E-state index in [0.717, 1.165) is 105 Å². The zero-order chi connectivity index (χ0) is 50.0. The van der Waals surface area contributed by atoms with E-state index in [1.807, 2.05) is 36.5 Å². The van der Waals surface area contributed by atoms with Crippen molar-refractivity contribution in [2.75, 3.05) is 0 Å². The minimum atomic E-state index is -0.169. The topological polar surface area (TPSA) is 49.0 Å². The largest absolute Gasteiger partial charge is 0.510 e. The van der Waals surface area contributed by atoms with Crippen LogP contribution in [-0.4, -0.2) is 14.1 Å². The molecule has 0 unspecified atom stereocenters. The molecule has 7 heteroatoms. The molecule has 5 heterocycles. The third kappa shape index (κ3) is 7.56. The Morgan fingerprint density at radius 3 is 1.89 bits per heavy atom. The van der Waals surface area contributed by atoms with E-state index in [-0.39, 0.29) is 31.9 Å². The Morgan fingerprint density at radius 2 is 1.12 bits per heavy atom. The number of hydrogen-bond donors (Lipinski definition) is 0. The van der Waals surface area contributed by atoms with E-state index in [1.165, 1.54) is 22.3 Å². The maximum atomic E-state index is 6.79. The van der Waals surface area contributed by atoms with Gasteiger partial charge < -0.3 is 18.3 Å². The SMILES string of the molecule is CC(C)(C)c1ccnc(-n2c3[c-]c(Oc4[c-]c(-n5[c-][n+]6c7c(cccc75)-c5ccccc5-c5ccccc5-c5cc(C(C)(C)C)cc(-c7ccc8oc9ccccc9c8c7)c5-6)ccc4)ccc3c3ccccc32)c1.[Pt]. The van der Waals surface area contributed by atoms with E-state index < -0.39 is 0 Å². The van der Waals surface area contributed by atoms with Crippen molar-refractivity contribution in [3.05, 3.63) is 224 Å². The zero-order valence-electron chi connectivity index (χ0n) is 42.4. The molecule has 4 aromatic heterocycles. The second-order valence-corrected chi connectivity index (χ2v) is 21.6. The van der Waals surface area contributed by atoms with Crippen LogP contribution < -0.4 is 9.30 Å². The molecule has 6 nitrogen and oxygen atoms in total. The van der Waals surface area contributed by atoms with Crippen LogP contribution in [0.1, 0.15) is 52.7 Å². The first-order chi connectivity index (χ1) is 35.9. The number of furan rings is 1. The molecule has 0 radical (unpaired) electrons. The molecule has 0 bridgehead atoms. The van der Waals surface area contributed by atoms with Crippen LogP contribution in [0, 0.1) is 18.5 Å². The van der Waals surface area contributed by atoms with E-state index in [1.54, 1.807) is 0 Å². The van der Waals surface area contributed by atoms with Gasteiger partial charge in [-0.15, -0.1) is 29.7 Å². The molecule has 1 aliphatic heterocycles. The number of pyridine rings is 1. The first kappa shape index (κ1) is 46.5. The third-order valence-electron chi connectivity index (χ3n) is 14.9. The number of fused-ring (bicyclic) bond motifs is 13. The van der Waals surface area contributed by atoms with Crippen LogP contribution in [-0.2, 0) is 31.9 Å². The molecule has 0 spiro atoms. The Hall–Kier alpha value is -8.31. The molecule has 366 valence electrons. The number of nitrogens with zero attached hydrogens (tertiary/aromatic N) is 4. The van der Waals surface area contributed by atoms with Gasteiger partial charge in [0.15, 0.2) is 0 Å². The standard InChI is InChI=1S/C68H50N4O2.Pt/c1-67(2,3)43-33-34-69-64(38-43)72-59-26-13-11-23-52(59)53-31-30-47(40-61(53)72)73-46-18-15-17-45(39-46)70-41-71-65-56(42-29-32-63-57(35-42)54-24-12-14-28-62(54)74-63)36-44(68(4,5)6)37-58(65)51-22-10-8-20-49(51)48-19-7-9-21-50(48)55-25-16-27-60(70)66(55)71;/h7-38H,1-6H3;/q-2;. The fraction of sp³-hybridized carbons (Fsp3) is 0.118. The molecule has 0 aliphatic carbocycles. The van der Waals surface area contributed by atoms with Gasteiger partial charge in [-0.2, -0.15) is 18.2 Å². The van der Waals surface area contributed by atoms with Gasteiger partial charge in [0.2, 0.25) is 0 Å². The number of imidazole rings is 1. The molecule has 0 atom stereocenters. The molecule has 14 rings (SSSR count). The summed E-state index contributed by atoms with van der Waals surface area (Å²) < 4.78 is 19.8. The predicted molar refractivity (Wildman–Crippen MR) is 300 cm³/mol. The molecule has 0 N–H and O–H groups in total. The van der Waals surface area contributed by atoms with Crippen LogP contribution in [0.2, 0.25) is 0 Å². The van der Waals surface area contributed by atoms with Crippen molar-refractivity contribution in [3.8, 4) is 73.2 Å². The molecule has 13 aromatic rings. The number of rotatable bonds is 5. The quantitative estimate of drug-likeness (QED) is 0.127. The van der Waals surface area contributed by atoms with Gasteiger partial charge in [-0.05, 0) is 114 Å². The van der Waals surface area contributed by atoms with Gasteiger partial charge in [0.25, 0.3) is 6.33 Å². The molecule has 0 saturated carbocycles. The van der Waals surface area contributed by atoms with Crippen LogP contribution in [0.4, 0.5) is 0 Å². The van der Waals surface area contributed by atoms with Crippen molar-refractivity contribution in [3.63, 3.8) is 0 Å². The fourth-order valence-corrected chi connectivity index (χ4v) is 11.2. The van der Waals surface area contributed by atoms with Gasteiger partial charge in [-0.25, -0.2) is 4.98 Å². The Labute approximate surface area is 450 Å². The van der Waals surface area contributed by atoms with Crippen molar-refractivity contribution >= 4 is 54.8 Å². The monoisotopic (exact) mass is 1150 g/mol. The van der Waals surface area contributed by atoms with Gasteiger partial charge in [0.05, 0.1) is 16.7 Å². The summed E-state index contributed by atoms with van der Waals surface area (Å²) in [6.45, 7) is 13.6. The minimum absolute atomic E-state index is 0. The molecule has 0 amide bonds. The maximum absolute atomic E-state index is 6.79. The van der Waals surface area contributed by atoms with E-state index in [9.17, 15) is 0 Å². The summed E-state index contributed by atoms with van der Waals surface area (Å²) in [6.07, 6.45) is 5.87. The Kier molecular flexibility index (Phi) is 10.8. The van der Waals surface area contributed by atoms with Gasteiger partial charge in [-0.3, -0.25) is 4.57 Å². The predicted octanol–water partition coefficient (Wildman–Crippen LogP) is 17.1. The summed E-state index contributed by atoms with van der Waals surface area (Å²) in [5, 5.41) is 4.38. The second-order valence-electron chi connectivity index (χ2n) is 21.6. The van der Waals surface area contributed by atoms with Crippen molar-refractivity contribution in [1.29, 1.82) is 0 Å². The van der Waals surface area contributed by atoms with Gasteiger partial charge >= 0.3 is 0 Å². The number of hydrogen-bond acceptors (Lipinski definition) is 3. The van der Waals surface area contributed by atoms with Crippen LogP contribution >= 0.6 is 0 Å². The summed E-state index contributed by atoms with van der Waals surface area (Å²) in [7, 11) is 0. The normalized spacial score (nSPS) is 12.3. The number of ether oxygens (including phenoxy) is 1. The van der Waals surface area contributed by atoms with Gasteiger partial charge in [-0.1, -0.05) is 168 Å². The first-order valence-corrected chi connectivity index (χ1v) is 25.4. The summed E-state index contributed by atoms with van der Waals surface area (Å²) in [6, 6.07) is 74.3. The van der Waals surface area contributed by atoms with Crippen LogP contribution in [0.15, 0.2) is 199 Å². The Morgan fingerprint density at radius 1 is 0.493 bits per heavy atom. The average Bonchev–Trinajstić information content (AvgIpc) is 4.10. The van der Waals surface area contributed by atoms with Gasteiger partial charge in [0, 0.05) is 55.1 Å². The molecule has 9 aromatic carbocycles. The van der Waals surface area contributed by atoms with Crippen molar-refractivity contribution < 1.29 is 34.8 Å². The van der Waals surface area contributed by atoms with Crippen LogP contribution in [0.25, 0.3) is 116 Å². The molecule has 1 aliphatic rings. The smallest absolute Gasteiger partial charge is 0.268 e. The van der Waals surface area contributed by atoms with Gasteiger partial charge in [0.1, 0.15) is 17.0 Å². The summed E-state index contributed by atoms with van der Waals surface area (Å²) in [5.74, 6) is 1.98. The third-order valence-corrected chi connectivity index (χ3v) is 14.9. The molecule has 0 saturated heterocycles. The van der Waals surface area contributed by atoms with E-state index >= 15 is 0 Å². The second kappa shape index (κ2) is 17.4. The molecule has 75 heavy (non-hydrogen) atoms. The van der Waals surface area contributed by atoms with Crippen LogP contribution in [0.3, 0.4) is 0 Å². The molecular weight excluding hydrogens is 1100 g/mol. The van der Waals surface area contributed by atoms with Crippen LogP contribution in [0.5, 0.6) is 11.5 Å². The number of para-hydroxylation sites is 3. The van der Waals surface area contributed by atoms with Crippen molar-refractivity contribution in [1.82, 2.24) is 14.1 Å². The zero-order valence-corrected chi connectivity index (χ0v) is 44.7. The van der Waals surface area contributed by atoms with E-state index in [0.29, 0.717) is 11.5 Å². The minimum Gasteiger partial charge on any atom is -0.510 e. The number of aromatic nitrogens is 4. The molecular formula is C68H50N4O2Pt-2. The van der Waals surface area contributed by atoms with E-state index in [4.69, 9.17) is 14.1 Å². The fourth-order valence-electron chi connectivity index (χ4n) is 11.2. The Balaban J connectivity index is 0.00000541. The van der Waals surface area contributed by atoms with E-state index in [2.05, 4.69) is 231 Å². The summed E-state index contributed by atoms with van der Waals surface area (Å²) in [4.78, 5) is 4.90. The summed E-state index contributed by atoms with van der Waals surface area (Å²) >= 11 is 0. The van der Waals surface area contributed by atoms with Crippen molar-refractivity contribution in [2.45, 2.75) is 52.4 Å². The maximum Gasteiger partial charge on any atom is 0.268 e. The average molecular weight is 1150 g/mol. The van der Waals surface area contributed by atoms with Crippen molar-refractivity contribution in [2.24, 2.45) is 0 Å². The Bertz CT molecular complexity index is 4440. The summed E-state index contributed by atoms with van der Waals surface area (Å²) in [5.41, 5.74) is 18.8.